The van der Waals surface area contributed by atoms with Crippen molar-refractivity contribution < 1.29 is 0 Å². The first-order chi connectivity index (χ1) is 14.9. The monoisotopic (exact) mass is 395 g/mol. The normalized spacial score (nSPS) is 14.6. The summed E-state index contributed by atoms with van der Waals surface area (Å²) in [5, 5.41) is 9.86. The molecule has 0 unspecified atom stereocenters. The van der Waals surface area contributed by atoms with E-state index in [1.807, 2.05) is 6.20 Å². The maximum absolute atomic E-state index is 4.57. The number of nitrogens with zero attached hydrogens (tertiary/aromatic N) is 5. The zero-order valence-electron chi connectivity index (χ0n) is 16.5. The Morgan fingerprint density at radius 1 is 0.867 bits per heavy atom. The van der Waals surface area contributed by atoms with Gasteiger partial charge in [-0.1, -0.05) is 6.07 Å². The lowest BCUT2D eigenvalue weighted by molar-refractivity contribution is 0.579. The number of hydrogen-bond donors (Lipinski definition) is 2. The topological polar surface area (TPSA) is 86.4 Å². The number of piperidine rings is 1. The van der Waals surface area contributed by atoms with Crippen molar-refractivity contribution in [2.24, 2.45) is 0 Å². The lowest BCUT2D eigenvalue weighted by Crippen LogP contribution is -2.29. The van der Waals surface area contributed by atoms with E-state index >= 15 is 0 Å². The average Bonchev–Trinajstić information content (AvgIpc) is 3.43. The molecular formula is C23H21N7. The van der Waals surface area contributed by atoms with Crippen LogP contribution in [0.4, 0.5) is 5.69 Å². The molecule has 6 rings (SSSR count). The van der Waals surface area contributed by atoms with E-state index in [0.717, 1.165) is 52.2 Å². The molecule has 0 bridgehead atoms. The number of benzene rings is 1. The molecule has 148 valence electrons. The van der Waals surface area contributed by atoms with Crippen LogP contribution in [0.15, 0.2) is 55.2 Å². The molecule has 0 aliphatic carbocycles. The van der Waals surface area contributed by atoms with Gasteiger partial charge in [0, 0.05) is 64.8 Å². The molecule has 30 heavy (non-hydrogen) atoms. The number of aromatic nitrogens is 6. The third-order valence-electron chi connectivity index (χ3n) is 5.90. The molecule has 7 nitrogen and oxygen atoms in total. The van der Waals surface area contributed by atoms with E-state index in [9.17, 15) is 0 Å². The molecule has 0 spiro atoms. The lowest BCUT2D eigenvalue weighted by atomic mass is 10.1. The van der Waals surface area contributed by atoms with Crippen molar-refractivity contribution in [3.8, 4) is 22.5 Å². The van der Waals surface area contributed by atoms with Gasteiger partial charge in [-0.05, 0) is 43.5 Å². The fraction of sp³-hybridized carbons (Fsp3) is 0.217. The highest BCUT2D eigenvalue weighted by atomic mass is 15.2. The van der Waals surface area contributed by atoms with Crippen LogP contribution < -0.4 is 4.90 Å². The molecule has 0 amide bonds. The summed E-state index contributed by atoms with van der Waals surface area (Å²) in [6.07, 6.45) is 10.8. The maximum atomic E-state index is 4.57. The van der Waals surface area contributed by atoms with Crippen molar-refractivity contribution in [2.45, 2.75) is 19.3 Å². The molecule has 5 aromatic rings. The minimum absolute atomic E-state index is 0.764. The van der Waals surface area contributed by atoms with Crippen LogP contribution in [-0.4, -0.2) is 43.2 Å². The summed E-state index contributed by atoms with van der Waals surface area (Å²) >= 11 is 0. The second-order valence-corrected chi connectivity index (χ2v) is 7.79. The van der Waals surface area contributed by atoms with E-state index in [1.54, 1.807) is 12.4 Å². The number of fused-ring (bicyclic) bond motifs is 2. The molecule has 1 saturated heterocycles. The van der Waals surface area contributed by atoms with E-state index in [1.165, 1.54) is 36.7 Å². The van der Waals surface area contributed by atoms with Crippen molar-refractivity contribution in [3.05, 3.63) is 55.2 Å². The van der Waals surface area contributed by atoms with Gasteiger partial charge in [-0.15, -0.1) is 0 Å². The minimum Gasteiger partial charge on any atom is -0.371 e. The van der Waals surface area contributed by atoms with Crippen molar-refractivity contribution in [1.29, 1.82) is 0 Å². The van der Waals surface area contributed by atoms with E-state index in [-0.39, 0.29) is 0 Å². The van der Waals surface area contributed by atoms with E-state index in [2.05, 4.69) is 65.4 Å². The molecule has 0 saturated carbocycles. The largest absolute Gasteiger partial charge is 0.371 e. The van der Waals surface area contributed by atoms with Crippen LogP contribution in [0, 0.1) is 0 Å². The van der Waals surface area contributed by atoms with Crippen LogP contribution in [0.5, 0.6) is 0 Å². The molecule has 1 aromatic carbocycles. The number of hydrogen-bond acceptors (Lipinski definition) is 5. The van der Waals surface area contributed by atoms with Gasteiger partial charge in [0.15, 0.2) is 5.65 Å². The van der Waals surface area contributed by atoms with Gasteiger partial charge < -0.3 is 9.88 Å². The third kappa shape index (κ3) is 2.82. The summed E-state index contributed by atoms with van der Waals surface area (Å²) in [5.74, 6) is 0. The second kappa shape index (κ2) is 6.95. The number of pyridine rings is 1. The van der Waals surface area contributed by atoms with E-state index in [0.29, 0.717) is 0 Å². The third-order valence-corrected chi connectivity index (χ3v) is 5.90. The molecule has 7 heteroatoms. The zero-order chi connectivity index (χ0) is 19.9. The van der Waals surface area contributed by atoms with Gasteiger partial charge >= 0.3 is 0 Å². The number of aromatic amines is 2. The number of anilines is 1. The zero-order valence-corrected chi connectivity index (χ0v) is 16.5. The SMILES string of the molecule is c1cc(N2CCCCC2)c2cc(-c3n[nH]c4ncc(-c5cncnc5)cc34)[nH]c2c1. The lowest BCUT2D eigenvalue weighted by Gasteiger charge is -2.29. The van der Waals surface area contributed by atoms with Crippen LogP contribution in [0.3, 0.4) is 0 Å². The Kier molecular flexibility index (Phi) is 3.97. The Balaban J connectivity index is 1.47. The second-order valence-electron chi connectivity index (χ2n) is 7.79. The minimum atomic E-state index is 0.764. The predicted molar refractivity (Wildman–Crippen MR) is 118 cm³/mol. The number of H-pyrrole nitrogens is 2. The standard InChI is InChI=1S/C23H21N7/c1-2-7-30(8-3-1)21-6-4-5-19-17(21)10-20(27-19)22-18-9-15(13-26-23(18)29-28-22)16-11-24-14-25-12-16/h4-6,9-14,27H,1-3,7-8H2,(H,26,28,29). The van der Waals surface area contributed by atoms with Crippen LogP contribution in [0.1, 0.15) is 19.3 Å². The first-order valence-corrected chi connectivity index (χ1v) is 10.3. The van der Waals surface area contributed by atoms with Crippen molar-refractivity contribution in [2.75, 3.05) is 18.0 Å². The quantitative estimate of drug-likeness (QED) is 0.468. The number of rotatable bonds is 3. The Morgan fingerprint density at radius 3 is 2.60 bits per heavy atom. The summed E-state index contributed by atoms with van der Waals surface area (Å²) < 4.78 is 0. The van der Waals surface area contributed by atoms with Gasteiger partial charge in [-0.25, -0.2) is 15.0 Å². The Morgan fingerprint density at radius 2 is 1.73 bits per heavy atom. The van der Waals surface area contributed by atoms with Crippen LogP contribution in [-0.2, 0) is 0 Å². The Bertz CT molecular complexity index is 1330. The highest BCUT2D eigenvalue weighted by Gasteiger charge is 2.17. The van der Waals surface area contributed by atoms with Crippen LogP contribution in [0.25, 0.3) is 44.5 Å². The fourth-order valence-corrected chi connectivity index (χ4v) is 4.39. The van der Waals surface area contributed by atoms with Gasteiger partial charge in [-0.2, -0.15) is 5.10 Å². The van der Waals surface area contributed by atoms with E-state index in [4.69, 9.17) is 0 Å². The summed E-state index contributed by atoms with van der Waals surface area (Å²) in [5.41, 5.74) is 6.96. The molecule has 1 aliphatic heterocycles. The summed E-state index contributed by atoms with van der Waals surface area (Å²) in [6, 6.07) is 10.8. The van der Waals surface area contributed by atoms with E-state index < -0.39 is 0 Å². The predicted octanol–water partition coefficient (Wildman–Crippen LogP) is 4.55. The maximum Gasteiger partial charge on any atom is 0.155 e. The van der Waals surface area contributed by atoms with Crippen LogP contribution >= 0.6 is 0 Å². The molecule has 0 radical (unpaired) electrons. The highest BCUT2D eigenvalue weighted by Crippen LogP contribution is 2.34. The van der Waals surface area contributed by atoms with Gasteiger partial charge in [-0.3, -0.25) is 5.10 Å². The van der Waals surface area contributed by atoms with Gasteiger partial charge in [0.25, 0.3) is 0 Å². The van der Waals surface area contributed by atoms with Gasteiger partial charge in [0.1, 0.15) is 12.0 Å². The molecule has 0 atom stereocenters. The molecule has 2 N–H and O–H groups in total. The molecule has 1 aliphatic rings. The Hall–Kier alpha value is -3.74. The highest BCUT2D eigenvalue weighted by molar-refractivity contribution is 6.00. The average molecular weight is 395 g/mol. The Labute approximate surface area is 173 Å². The molecule has 1 fully saturated rings. The van der Waals surface area contributed by atoms with Gasteiger partial charge in [0.2, 0.25) is 0 Å². The summed E-state index contributed by atoms with van der Waals surface area (Å²) in [7, 11) is 0. The van der Waals surface area contributed by atoms with Crippen LogP contribution in [0.2, 0.25) is 0 Å². The van der Waals surface area contributed by atoms with Crippen molar-refractivity contribution >= 4 is 27.6 Å². The summed E-state index contributed by atoms with van der Waals surface area (Å²) in [6.45, 7) is 2.24. The number of nitrogens with one attached hydrogen (secondary N) is 2. The first kappa shape index (κ1) is 17.1. The van der Waals surface area contributed by atoms with Crippen molar-refractivity contribution in [1.82, 2.24) is 30.1 Å². The van der Waals surface area contributed by atoms with Crippen molar-refractivity contribution in [3.63, 3.8) is 0 Å². The smallest absolute Gasteiger partial charge is 0.155 e. The summed E-state index contributed by atoms with van der Waals surface area (Å²) in [4.78, 5) is 18.9. The molecule has 5 heterocycles. The fourth-order valence-electron chi connectivity index (χ4n) is 4.39. The van der Waals surface area contributed by atoms with Gasteiger partial charge in [0.05, 0.1) is 5.69 Å². The molecular weight excluding hydrogens is 374 g/mol. The molecule has 4 aromatic heterocycles. The first-order valence-electron chi connectivity index (χ1n) is 10.3.